The van der Waals surface area contributed by atoms with Crippen molar-refractivity contribution in [3.05, 3.63) is 78.8 Å². The molecule has 0 aliphatic heterocycles. The minimum absolute atomic E-state index is 0.305. The number of fused-ring (bicyclic) bond motifs is 2. The van der Waals surface area contributed by atoms with Crippen LogP contribution in [0, 0.1) is 0 Å². The maximum atomic E-state index is 11.5. The summed E-state index contributed by atoms with van der Waals surface area (Å²) in [5.74, 6) is 0.305. The predicted octanol–water partition coefficient (Wildman–Crippen LogP) is 4.63. The Labute approximate surface area is 138 Å². The van der Waals surface area contributed by atoms with E-state index in [4.69, 9.17) is 4.42 Å². The van der Waals surface area contributed by atoms with Gasteiger partial charge >= 0.3 is 0 Å². The number of hydrogen-bond donors (Lipinski definition) is 1. The summed E-state index contributed by atoms with van der Waals surface area (Å²) in [6.45, 7) is 0. The molecule has 4 rings (SSSR count). The Bertz CT molecular complexity index is 1030. The molecule has 0 amide bonds. The summed E-state index contributed by atoms with van der Waals surface area (Å²) in [5.41, 5.74) is 2.67. The highest BCUT2D eigenvalue weighted by atomic mass is 16.3. The van der Waals surface area contributed by atoms with Gasteiger partial charge in [0, 0.05) is 17.3 Å². The Morgan fingerprint density at radius 1 is 0.958 bits per heavy atom. The molecule has 0 saturated carbocycles. The van der Waals surface area contributed by atoms with Gasteiger partial charge in [-0.2, -0.15) is 0 Å². The topological polar surface area (TPSA) is 55.1 Å². The third-order valence-electron chi connectivity index (χ3n) is 3.84. The minimum atomic E-state index is 0.305. The Kier molecular flexibility index (Phi) is 3.56. The van der Waals surface area contributed by atoms with Gasteiger partial charge in [0.1, 0.15) is 5.52 Å². The number of aldehydes is 1. The van der Waals surface area contributed by atoms with Crippen LogP contribution in [0.4, 0.5) is 5.69 Å². The first kappa shape index (κ1) is 14.2. The molecule has 0 saturated heterocycles. The molecular weight excluding hydrogens is 300 g/mol. The van der Waals surface area contributed by atoms with Crippen molar-refractivity contribution in [1.82, 2.24) is 4.98 Å². The number of oxazole rings is 1. The summed E-state index contributed by atoms with van der Waals surface area (Å²) >= 11 is 0. The second kappa shape index (κ2) is 6.01. The molecule has 1 N–H and O–H groups in total. The third-order valence-corrected chi connectivity index (χ3v) is 3.84. The molecule has 1 heterocycles. The number of nitrogens with zero attached hydrogens (tertiary/aromatic N) is 1. The van der Waals surface area contributed by atoms with Crippen LogP contribution in [0.3, 0.4) is 0 Å². The lowest BCUT2D eigenvalue weighted by Gasteiger charge is -2.06. The summed E-state index contributed by atoms with van der Waals surface area (Å²) in [4.78, 5) is 15.8. The molecule has 1 aromatic heterocycles. The number of rotatable bonds is 4. The number of carbonyl (C=O) groups excluding carboxylic acids is 1. The highest BCUT2D eigenvalue weighted by Crippen LogP contribution is 2.24. The molecule has 4 aromatic rings. The van der Waals surface area contributed by atoms with Crippen LogP contribution in [-0.2, 0) is 4.79 Å². The van der Waals surface area contributed by atoms with Crippen LogP contribution >= 0.6 is 0 Å². The lowest BCUT2D eigenvalue weighted by atomic mass is 10.1. The van der Waals surface area contributed by atoms with Gasteiger partial charge in [0.05, 0.1) is 5.57 Å². The van der Waals surface area contributed by atoms with Crippen molar-refractivity contribution in [3.63, 3.8) is 0 Å². The van der Waals surface area contributed by atoms with E-state index in [1.165, 1.54) is 0 Å². The van der Waals surface area contributed by atoms with Gasteiger partial charge in [0.15, 0.2) is 11.9 Å². The first-order valence-electron chi connectivity index (χ1n) is 7.61. The number of anilines is 1. The van der Waals surface area contributed by atoms with Crippen LogP contribution in [0.5, 0.6) is 0 Å². The summed E-state index contributed by atoms with van der Waals surface area (Å²) in [6.07, 6.45) is 2.36. The van der Waals surface area contributed by atoms with Crippen LogP contribution in [0.15, 0.2) is 77.3 Å². The number of benzene rings is 3. The first-order valence-corrected chi connectivity index (χ1v) is 7.61. The van der Waals surface area contributed by atoms with Crippen LogP contribution in [-0.4, -0.2) is 11.3 Å². The van der Waals surface area contributed by atoms with Crippen LogP contribution in [0.2, 0.25) is 0 Å². The average Bonchev–Trinajstić information content (AvgIpc) is 3.06. The van der Waals surface area contributed by atoms with Gasteiger partial charge in [-0.05, 0) is 23.6 Å². The number of nitrogens with one attached hydrogen (secondary N) is 1. The van der Waals surface area contributed by atoms with Gasteiger partial charge in [-0.3, -0.25) is 4.79 Å². The SMILES string of the molecule is O=C/C(=C\Nc1cccc2ccccc12)c1nc2ccccc2o1. The van der Waals surface area contributed by atoms with Gasteiger partial charge in [-0.15, -0.1) is 0 Å². The van der Waals surface area contributed by atoms with E-state index in [9.17, 15) is 4.79 Å². The zero-order valence-corrected chi connectivity index (χ0v) is 12.8. The standard InChI is InChI=1S/C20H14N2O2/c23-13-15(20-22-18-9-3-4-11-19(18)24-20)12-21-17-10-5-7-14-6-1-2-8-16(14)17/h1-13,21H/b15-12+. The molecule has 116 valence electrons. The molecule has 4 nitrogen and oxygen atoms in total. The highest BCUT2D eigenvalue weighted by molar-refractivity contribution is 6.06. The molecule has 0 unspecified atom stereocenters. The molecule has 3 aromatic carbocycles. The van der Waals surface area contributed by atoms with Gasteiger partial charge in [0.2, 0.25) is 5.89 Å². The number of carbonyl (C=O) groups is 1. The van der Waals surface area contributed by atoms with E-state index in [1.54, 1.807) is 6.20 Å². The van der Waals surface area contributed by atoms with Gasteiger partial charge in [0.25, 0.3) is 0 Å². The Morgan fingerprint density at radius 2 is 1.75 bits per heavy atom. The number of hydrogen-bond acceptors (Lipinski definition) is 4. The molecule has 0 atom stereocenters. The van der Waals surface area contributed by atoms with Crippen molar-refractivity contribution in [2.75, 3.05) is 5.32 Å². The molecule has 0 fully saturated rings. The van der Waals surface area contributed by atoms with Crippen LogP contribution in [0.25, 0.3) is 27.4 Å². The maximum absolute atomic E-state index is 11.5. The first-order chi connectivity index (χ1) is 11.8. The van der Waals surface area contributed by atoms with Crippen molar-refractivity contribution in [1.29, 1.82) is 0 Å². The average molecular weight is 314 g/mol. The van der Waals surface area contributed by atoms with E-state index in [-0.39, 0.29) is 0 Å². The van der Waals surface area contributed by atoms with Crippen molar-refractivity contribution in [2.24, 2.45) is 0 Å². The fourth-order valence-corrected chi connectivity index (χ4v) is 2.65. The van der Waals surface area contributed by atoms with E-state index < -0.39 is 0 Å². The largest absolute Gasteiger partial charge is 0.436 e. The molecule has 0 spiro atoms. The number of allylic oxidation sites excluding steroid dienone is 1. The third kappa shape index (κ3) is 2.54. The number of aromatic nitrogens is 1. The zero-order chi connectivity index (χ0) is 16.4. The summed E-state index contributed by atoms with van der Waals surface area (Å²) < 4.78 is 5.65. The minimum Gasteiger partial charge on any atom is -0.436 e. The summed E-state index contributed by atoms with van der Waals surface area (Å²) in [6, 6.07) is 21.5. The highest BCUT2D eigenvalue weighted by Gasteiger charge is 2.10. The van der Waals surface area contributed by atoms with Gasteiger partial charge in [-0.25, -0.2) is 4.98 Å². The fraction of sp³-hybridized carbons (Fsp3) is 0. The lowest BCUT2D eigenvalue weighted by molar-refractivity contribution is -0.103. The molecule has 0 aliphatic carbocycles. The maximum Gasteiger partial charge on any atom is 0.232 e. The molecule has 0 bridgehead atoms. The molecule has 24 heavy (non-hydrogen) atoms. The van der Waals surface area contributed by atoms with Gasteiger partial charge < -0.3 is 9.73 Å². The van der Waals surface area contributed by atoms with Crippen molar-refractivity contribution in [2.45, 2.75) is 0 Å². The second-order valence-electron chi connectivity index (χ2n) is 5.38. The van der Waals surface area contributed by atoms with Crippen molar-refractivity contribution < 1.29 is 9.21 Å². The van der Waals surface area contributed by atoms with E-state index in [2.05, 4.69) is 10.3 Å². The fourth-order valence-electron chi connectivity index (χ4n) is 2.65. The Balaban J connectivity index is 1.71. The summed E-state index contributed by atoms with van der Waals surface area (Å²) in [5, 5.41) is 5.40. The Morgan fingerprint density at radius 3 is 2.62 bits per heavy atom. The quantitative estimate of drug-likeness (QED) is 0.440. The Hall–Kier alpha value is -3.40. The molecular formula is C20H14N2O2. The van der Waals surface area contributed by atoms with Gasteiger partial charge in [-0.1, -0.05) is 48.5 Å². The smallest absolute Gasteiger partial charge is 0.232 e. The zero-order valence-electron chi connectivity index (χ0n) is 12.8. The monoisotopic (exact) mass is 314 g/mol. The lowest BCUT2D eigenvalue weighted by Crippen LogP contribution is -1.94. The van der Waals surface area contributed by atoms with E-state index in [0.29, 0.717) is 17.0 Å². The van der Waals surface area contributed by atoms with Crippen LogP contribution in [0.1, 0.15) is 5.89 Å². The van der Waals surface area contributed by atoms with E-state index in [0.717, 1.165) is 28.3 Å². The molecule has 0 radical (unpaired) electrons. The number of para-hydroxylation sites is 2. The van der Waals surface area contributed by atoms with E-state index in [1.807, 2.05) is 66.7 Å². The second-order valence-corrected chi connectivity index (χ2v) is 5.38. The normalized spacial score (nSPS) is 11.8. The molecule has 4 heteroatoms. The molecule has 0 aliphatic rings. The summed E-state index contributed by atoms with van der Waals surface area (Å²) in [7, 11) is 0. The predicted molar refractivity (Wildman–Crippen MR) is 95.6 cm³/mol. The van der Waals surface area contributed by atoms with Crippen molar-refractivity contribution in [3.8, 4) is 0 Å². The van der Waals surface area contributed by atoms with Crippen LogP contribution < -0.4 is 5.32 Å². The van der Waals surface area contributed by atoms with E-state index >= 15 is 0 Å². The van der Waals surface area contributed by atoms with Crippen molar-refractivity contribution >= 4 is 39.4 Å².